The van der Waals surface area contributed by atoms with Gasteiger partial charge in [-0.2, -0.15) is 5.10 Å². The molecule has 0 amide bonds. The van der Waals surface area contributed by atoms with Crippen LogP contribution in [-0.4, -0.2) is 16.6 Å². The van der Waals surface area contributed by atoms with Crippen molar-refractivity contribution < 1.29 is 9.47 Å². The van der Waals surface area contributed by atoms with Crippen LogP contribution < -0.4 is 15.2 Å². The molecule has 5 heteroatoms. The lowest BCUT2D eigenvalue weighted by atomic mass is 9.99. The molecule has 4 rings (SSSR count). The van der Waals surface area contributed by atoms with E-state index in [2.05, 4.69) is 18.9 Å². The molecule has 110 valence electrons. The fourth-order valence-electron chi connectivity index (χ4n) is 3.08. The first-order valence-electron chi connectivity index (χ1n) is 7.20. The molecule has 0 saturated heterocycles. The molecule has 21 heavy (non-hydrogen) atoms. The normalized spacial score (nSPS) is 21.6. The first-order chi connectivity index (χ1) is 9.97. The van der Waals surface area contributed by atoms with Crippen LogP contribution in [0.5, 0.6) is 11.5 Å². The Bertz CT molecular complexity index is 733. The van der Waals surface area contributed by atoms with Crippen molar-refractivity contribution in [1.29, 1.82) is 0 Å². The molecule has 2 N–H and O–H groups in total. The Morgan fingerprint density at radius 2 is 2.00 bits per heavy atom. The molecule has 5 nitrogen and oxygen atoms in total. The second-order valence-electron chi connectivity index (χ2n) is 6.58. The first kappa shape index (κ1) is 12.6. The van der Waals surface area contributed by atoms with Crippen LogP contribution in [0.2, 0.25) is 0 Å². The fourth-order valence-corrected chi connectivity index (χ4v) is 3.08. The molecule has 2 aliphatic rings. The predicted octanol–water partition coefficient (Wildman–Crippen LogP) is 2.91. The second kappa shape index (κ2) is 3.93. The summed E-state index contributed by atoms with van der Waals surface area (Å²) in [5, 5.41) is 4.66. The van der Waals surface area contributed by atoms with Crippen LogP contribution in [0.4, 0.5) is 5.82 Å². The van der Waals surface area contributed by atoms with E-state index in [1.165, 1.54) is 0 Å². The molecule has 1 aromatic carbocycles. The van der Waals surface area contributed by atoms with Crippen LogP contribution in [0.25, 0.3) is 11.1 Å². The average molecular weight is 285 g/mol. The van der Waals surface area contributed by atoms with E-state index in [9.17, 15) is 0 Å². The number of nitrogen functional groups attached to an aromatic ring is 1. The van der Waals surface area contributed by atoms with Gasteiger partial charge in [0, 0.05) is 18.5 Å². The van der Waals surface area contributed by atoms with Gasteiger partial charge in [-0.05, 0) is 29.5 Å². The third-order valence-electron chi connectivity index (χ3n) is 4.62. The maximum atomic E-state index is 6.26. The van der Waals surface area contributed by atoms with Gasteiger partial charge in [-0.25, -0.2) is 0 Å². The van der Waals surface area contributed by atoms with E-state index in [0.717, 1.165) is 34.7 Å². The van der Waals surface area contributed by atoms with Gasteiger partial charge in [0.25, 0.3) is 0 Å². The average Bonchev–Trinajstić information content (AvgIpc) is 2.79. The number of fused-ring (bicyclic) bond motifs is 1. The van der Waals surface area contributed by atoms with Crippen molar-refractivity contribution in [3.63, 3.8) is 0 Å². The molecule has 1 fully saturated rings. The summed E-state index contributed by atoms with van der Waals surface area (Å²) in [5.74, 6) is 2.74. The van der Waals surface area contributed by atoms with Crippen LogP contribution in [0.15, 0.2) is 18.2 Å². The minimum absolute atomic E-state index is 0.282. The Kier molecular flexibility index (Phi) is 2.35. The summed E-state index contributed by atoms with van der Waals surface area (Å²) in [5.41, 5.74) is 9.75. The molecular weight excluding hydrogens is 266 g/mol. The Balaban J connectivity index is 1.85. The first-order valence-corrected chi connectivity index (χ1v) is 7.20. The number of nitrogens with zero attached hydrogens (tertiary/aromatic N) is 2. The summed E-state index contributed by atoms with van der Waals surface area (Å²) in [6, 6.07) is 5.96. The number of anilines is 1. The smallest absolute Gasteiger partial charge is 0.231 e. The van der Waals surface area contributed by atoms with Gasteiger partial charge >= 0.3 is 0 Å². The molecule has 1 aliphatic carbocycles. The highest BCUT2D eigenvalue weighted by atomic mass is 16.7. The van der Waals surface area contributed by atoms with Crippen LogP contribution in [0, 0.1) is 5.41 Å². The van der Waals surface area contributed by atoms with E-state index in [1.807, 2.05) is 25.2 Å². The van der Waals surface area contributed by atoms with E-state index in [-0.39, 0.29) is 6.79 Å². The van der Waals surface area contributed by atoms with Gasteiger partial charge in [0.15, 0.2) is 11.5 Å². The lowest BCUT2D eigenvalue weighted by Crippen LogP contribution is -1.98. The summed E-state index contributed by atoms with van der Waals surface area (Å²) in [6.07, 6.45) is 1.15. The van der Waals surface area contributed by atoms with Crippen molar-refractivity contribution in [2.45, 2.75) is 26.2 Å². The van der Waals surface area contributed by atoms with Crippen molar-refractivity contribution in [1.82, 2.24) is 9.78 Å². The Hall–Kier alpha value is -2.17. The predicted molar refractivity (Wildman–Crippen MR) is 80.3 cm³/mol. The molecule has 0 bridgehead atoms. The summed E-state index contributed by atoms with van der Waals surface area (Å²) in [6.45, 7) is 4.82. The van der Waals surface area contributed by atoms with E-state index in [1.54, 1.807) is 4.68 Å². The van der Waals surface area contributed by atoms with E-state index >= 15 is 0 Å². The topological polar surface area (TPSA) is 62.3 Å². The van der Waals surface area contributed by atoms with Crippen LogP contribution in [0.1, 0.15) is 31.9 Å². The summed E-state index contributed by atoms with van der Waals surface area (Å²) < 4.78 is 12.6. The van der Waals surface area contributed by atoms with Crippen molar-refractivity contribution in [3.05, 3.63) is 23.9 Å². The van der Waals surface area contributed by atoms with Gasteiger partial charge in [-0.15, -0.1) is 0 Å². The quantitative estimate of drug-likeness (QED) is 0.921. The van der Waals surface area contributed by atoms with E-state index < -0.39 is 0 Å². The molecule has 2 heterocycles. The zero-order valence-corrected chi connectivity index (χ0v) is 12.5. The van der Waals surface area contributed by atoms with Gasteiger partial charge < -0.3 is 15.2 Å². The van der Waals surface area contributed by atoms with Crippen molar-refractivity contribution in [2.75, 3.05) is 12.5 Å². The lowest BCUT2D eigenvalue weighted by Gasteiger charge is -2.07. The molecule has 0 spiro atoms. The summed E-state index contributed by atoms with van der Waals surface area (Å²) in [4.78, 5) is 0. The molecule has 2 aromatic rings. The van der Waals surface area contributed by atoms with E-state index in [4.69, 9.17) is 15.2 Å². The highest BCUT2D eigenvalue weighted by Gasteiger charge is 2.49. The molecule has 0 radical (unpaired) electrons. The Labute approximate surface area is 123 Å². The van der Waals surface area contributed by atoms with Gasteiger partial charge in [-0.3, -0.25) is 4.68 Å². The van der Waals surface area contributed by atoms with Crippen molar-refractivity contribution in [2.24, 2.45) is 12.5 Å². The highest BCUT2D eigenvalue weighted by molar-refractivity contribution is 5.79. The molecule has 1 aliphatic heterocycles. The molecule has 1 aromatic heterocycles. The highest BCUT2D eigenvalue weighted by Crippen LogP contribution is 2.60. The molecule has 1 unspecified atom stereocenters. The Morgan fingerprint density at radius 3 is 2.71 bits per heavy atom. The van der Waals surface area contributed by atoms with Crippen molar-refractivity contribution >= 4 is 5.82 Å². The number of hydrogen-bond acceptors (Lipinski definition) is 4. The zero-order chi connectivity index (χ0) is 14.8. The summed E-state index contributed by atoms with van der Waals surface area (Å²) >= 11 is 0. The van der Waals surface area contributed by atoms with Gasteiger partial charge in [0.2, 0.25) is 6.79 Å². The monoisotopic (exact) mass is 285 g/mol. The van der Waals surface area contributed by atoms with Gasteiger partial charge in [0.05, 0.1) is 5.69 Å². The Morgan fingerprint density at radius 1 is 1.29 bits per heavy atom. The number of nitrogens with two attached hydrogens (primary N) is 1. The minimum Gasteiger partial charge on any atom is -0.454 e. The zero-order valence-electron chi connectivity index (χ0n) is 12.5. The minimum atomic E-state index is 0.282. The third-order valence-corrected chi connectivity index (χ3v) is 4.62. The number of ether oxygens (including phenoxy) is 2. The van der Waals surface area contributed by atoms with E-state index in [0.29, 0.717) is 17.2 Å². The van der Waals surface area contributed by atoms with Crippen LogP contribution in [-0.2, 0) is 7.05 Å². The SMILES string of the molecule is Cn1nc(C2CC2(C)C)c(-c2ccc3c(c2)OCO3)c1N. The number of rotatable bonds is 2. The maximum Gasteiger partial charge on any atom is 0.231 e. The molecule has 1 saturated carbocycles. The standard InChI is InChI=1S/C16H19N3O2/c1-16(2)7-10(16)14-13(15(17)19(3)18-14)9-4-5-11-12(6-9)21-8-20-11/h4-6,10H,7-8,17H2,1-3H3. The maximum absolute atomic E-state index is 6.26. The van der Waals surface area contributed by atoms with Gasteiger partial charge in [-0.1, -0.05) is 19.9 Å². The number of benzene rings is 1. The van der Waals surface area contributed by atoms with Crippen LogP contribution in [0.3, 0.4) is 0 Å². The molecule has 1 atom stereocenters. The second-order valence-corrected chi connectivity index (χ2v) is 6.58. The summed E-state index contributed by atoms with van der Waals surface area (Å²) in [7, 11) is 1.89. The third kappa shape index (κ3) is 1.80. The number of hydrogen-bond donors (Lipinski definition) is 1. The lowest BCUT2D eigenvalue weighted by molar-refractivity contribution is 0.174. The van der Waals surface area contributed by atoms with Gasteiger partial charge in [0.1, 0.15) is 5.82 Å². The van der Waals surface area contributed by atoms with Crippen molar-refractivity contribution in [3.8, 4) is 22.6 Å². The van der Waals surface area contributed by atoms with Crippen LogP contribution >= 0.6 is 0 Å². The number of aromatic nitrogens is 2. The molecular formula is C16H19N3O2. The number of aryl methyl sites for hydroxylation is 1. The largest absolute Gasteiger partial charge is 0.454 e. The fraction of sp³-hybridized carbons (Fsp3) is 0.438.